The highest BCUT2D eigenvalue weighted by molar-refractivity contribution is 7.99. The van der Waals surface area contributed by atoms with E-state index in [-0.39, 0.29) is 5.78 Å². The summed E-state index contributed by atoms with van der Waals surface area (Å²) in [5.41, 5.74) is 1.69. The van der Waals surface area contributed by atoms with Crippen LogP contribution in [0.5, 0.6) is 0 Å². The van der Waals surface area contributed by atoms with Crippen molar-refractivity contribution in [3.8, 4) is 0 Å². The van der Waals surface area contributed by atoms with Crippen LogP contribution in [0.2, 0.25) is 5.02 Å². The molecule has 0 bridgehead atoms. The van der Waals surface area contributed by atoms with Crippen molar-refractivity contribution < 1.29 is 14.7 Å². The number of halogens is 1. The van der Waals surface area contributed by atoms with Crippen LogP contribution in [0.1, 0.15) is 27.4 Å². The maximum absolute atomic E-state index is 12.6. The third-order valence-corrected chi connectivity index (χ3v) is 4.89. The number of carbonyl (C=O) groups is 2. The van der Waals surface area contributed by atoms with Gasteiger partial charge >= 0.3 is 5.97 Å². The zero-order valence-corrected chi connectivity index (χ0v) is 12.4. The van der Waals surface area contributed by atoms with Gasteiger partial charge in [-0.3, -0.25) is 9.59 Å². The first-order valence-corrected chi connectivity index (χ1v) is 7.73. The Morgan fingerprint density at radius 1 is 1.19 bits per heavy atom. The molecule has 1 aliphatic heterocycles. The van der Waals surface area contributed by atoms with E-state index in [1.54, 1.807) is 36.4 Å². The number of hydrogen-bond donors (Lipinski definition) is 1. The lowest BCUT2D eigenvalue weighted by molar-refractivity contribution is -0.138. The summed E-state index contributed by atoms with van der Waals surface area (Å²) in [6.45, 7) is 0. The van der Waals surface area contributed by atoms with Gasteiger partial charge < -0.3 is 5.11 Å². The van der Waals surface area contributed by atoms with E-state index in [9.17, 15) is 14.7 Å². The van der Waals surface area contributed by atoms with Gasteiger partial charge in [0.15, 0.2) is 5.78 Å². The molecule has 2 aromatic carbocycles. The average Bonchev–Trinajstić information content (AvgIpc) is 2.90. The maximum Gasteiger partial charge on any atom is 0.311 e. The minimum absolute atomic E-state index is 0.132. The molecule has 21 heavy (non-hydrogen) atoms. The molecule has 1 N–H and O–H groups in total. The van der Waals surface area contributed by atoms with Gasteiger partial charge in [0.1, 0.15) is 0 Å². The van der Waals surface area contributed by atoms with Gasteiger partial charge in [-0.2, -0.15) is 0 Å². The largest absolute Gasteiger partial charge is 0.481 e. The SMILES string of the molecule is O=C(c1ccccc1)c1cc(Cl)cc2c1SC[C@@H]2C(=O)O. The molecule has 3 rings (SSSR count). The molecule has 0 aromatic heterocycles. The number of rotatable bonds is 3. The molecule has 0 fully saturated rings. The number of carbonyl (C=O) groups excluding carboxylic acids is 1. The molecule has 0 amide bonds. The van der Waals surface area contributed by atoms with Crippen molar-refractivity contribution in [2.45, 2.75) is 10.8 Å². The molecular weight excluding hydrogens is 308 g/mol. The van der Waals surface area contributed by atoms with Gasteiger partial charge in [0, 0.05) is 26.8 Å². The number of hydrogen-bond acceptors (Lipinski definition) is 3. The number of aliphatic carboxylic acids is 1. The molecule has 0 saturated carbocycles. The van der Waals surface area contributed by atoms with Crippen LogP contribution < -0.4 is 0 Å². The van der Waals surface area contributed by atoms with Gasteiger partial charge in [-0.15, -0.1) is 11.8 Å². The summed E-state index contributed by atoms with van der Waals surface area (Å²) in [5.74, 6) is -1.19. The topological polar surface area (TPSA) is 54.4 Å². The lowest BCUT2D eigenvalue weighted by Gasteiger charge is -2.10. The molecule has 5 heteroatoms. The van der Waals surface area contributed by atoms with E-state index in [4.69, 9.17) is 11.6 Å². The smallest absolute Gasteiger partial charge is 0.311 e. The van der Waals surface area contributed by atoms with Crippen molar-refractivity contribution in [2.75, 3.05) is 5.75 Å². The van der Waals surface area contributed by atoms with E-state index in [1.165, 1.54) is 11.8 Å². The zero-order chi connectivity index (χ0) is 15.0. The molecule has 0 radical (unpaired) electrons. The number of fused-ring (bicyclic) bond motifs is 1. The van der Waals surface area contributed by atoms with Crippen molar-refractivity contribution in [1.29, 1.82) is 0 Å². The summed E-state index contributed by atoms with van der Waals surface area (Å²) >= 11 is 7.48. The number of benzene rings is 2. The molecular formula is C16H11ClO3S. The van der Waals surface area contributed by atoms with Crippen molar-refractivity contribution in [3.05, 3.63) is 64.2 Å². The maximum atomic E-state index is 12.6. The molecule has 1 aliphatic rings. The summed E-state index contributed by atoms with van der Waals surface area (Å²) in [6, 6.07) is 12.2. The van der Waals surface area contributed by atoms with Gasteiger partial charge in [0.25, 0.3) is 0 Å². The molecule has 1 atom stereocenters. The Labute approximate surface area is 130 Å². The Kier molecular flexibility index (Phi) is 3.74. The van der Waals surface area contributed by atoms with Crippen molar-refractivity contribution >= 4 is 35.1 Å². The minimum atomic E-state index is -0.887. The first-order chi connectivity index (χ1) is 10.1. The first kappa shape index (κ1) is 14.2. The van der Waals surface area contributed by atoms with E-state index in [0.29, 0.717) is 27.5 Å². The molecule has 0 saturated heterocycles. The van der Waals surface area contributed by atoms with Crippen LogP contribution in [-0.2, 0) is 4.79 Å². The summed E-state index contributed by atoms with van der Waals surface area (Å²) in [4.78, 5) is 24.6. The zero-order valence-electron chi connectivity index (χ0n) is 10.9. The minimum Gasteiger partial charge on any atom is -0.481 e. The molecule has 0 unspecified atom stereocenters. The Bertz CT molecular complexity index is 728. The Morgan fingerprint density at radius 2 is 1.90 bits per heavy atom. The second kappa shape index (κ2) is 5.54. The number of ketones is 1. The monoisotopic (exact) mass is 318 g/mol. The third kappa shape index (κ3) is 2.57. The second-order valence-corrected chi connectivity index (χ2v) is 6.24. The molecule has 3 nitrogen and oxygen atoms in total. The van der Waals surface area contributed by atoms with Crippen LogP contribution >= 0.6 is 23.4 Å². The number of thioether (sulfide) groups is 1. The van der Waals surface area contributed by atoms with Crippen LogP contribution in [0.3, 0.4) is 0 Å². The Hall–Kier alpha value is -1.78. The van der Waals surface area contributed by atoms with Gasteiger partial charge in [-0.25, -0.2) is 0 Å². The Balaban J connectivity index is 2.11. The number of carboxylic acid groups (broad SMARTS) is 1. The predicted octanol–water partition coefficient (Wildman–Crippen LogP) is 3.84. The fourth-order valence-electron chi connectivity index (χ4n) is 2.41. The average molecular weight is 319 g/mol. The van der Waals surface area contributed by atoms with Gasteiger partial charge in [-0.05, 0) is 17.7 Å². The third-order valence-electron chi connectivity index (χ3n) is 3.43. The van der Waals surface area contributed by atoms with E-state index in [2.05, 4.69) is 0 Å². The van der Waals surface area contributed by atoms with Crippen LogP contribution in [-0.4, -0.2) is 22.6 Å². The fourth-order valence-corrected chi connectivity index (χ4v) is 3.97. The number of carboxylic acids is 1. The van der Waals surface area contributed by atoms with Crippen molar-refractivity contribution in [2.24, 2.45) is 0 Å². The highest BCUT2D eigenvalue weighted by Crippen LogP contribution is 2.43. The van der Waals surface area contributed by atoms with Gasteiger partial charge in [0.2, 0.25) is 0 Å². The molecule has 1 heterocycles. The van der Waals surface area contributed by atoms with Crippen LogP contribution in [0.4, 0.5) is 0 Å². The standard InChI is InChI=1S/C16H11ClO3S/c17-10-6-11-13(16(19)20)8-21-15(11)12(7-10)14(18)9-4-2-1-3-5-9/h1-7,13H,8H2,(H,19,20)/t13-/m0/s1. The van der Waals surface area contributed by atoms with Crippen LogP contribution in [0, 0.1) is 0 Å². The first-order valence-electron chi connectivity index (χ1n) is 6.36. The van der Waals surface area contributed by atoms with Crippen LogP contribution in [0.25, 0.3) is 0 Å². The lowest BCUT2D eigenvalue weighted by atomic mass is 9.96. The lowest BCUT2D eigenvalue weighted by Crippen LogP contribution is -2.11. The van der Waals surface area contributed by atoms with E-state index >= 15 is 0 Å². The molecule has 106 valence electrons. The van der Waals surface area contributed by atoms with E-state index < -0.39 is 11.9 Å². The van der Waals surface area contributed by atoms with Gasteiger partial charge in [0.05, 0.1) is 5.92 Å². The molecule has 0 aliphatic carbocycles. The summed E-state index contributed by atoms with van der Waals surface area (Å²) in [7, 11) is 0. The summed E-state index contributed by atoms with van der Waals surface area (Å²) < 4.78 is 0. The highest BCUT2D eigenvalue weighted by atomic mass is 35.5. The normalized spacial score (nSPS) is 16.5. The highest BCUT2D eigenvalue weighted by Gasteiger charge is 2.32. The fraction of sp³-hybridized carbons (Fsp3) is 0.125. The quantitative estimate of drug-likeness (QED) is 0.873. The summed E-state index contributed by atoms with van der Waals surface area (Å²) in [5, 5.41) is 9.65. The molecule has 0 spiro atoms. The molecule has 2 aromatic rings. The van der Waals surface area contributed by atoms with E-state index in [1.807, 2.05) is 6.07 Å². The van der Waals surface area contributed by atoms with Crippen LogP contribution in [0.15, 0.2) is 47.4 Å². The predicted molar refractivity (Wildman–Crippen MR) is 82.4 cm³/mol. The second-order valence-electron chi connectivity index (χ2n) is 4.77. The van der Waals surface area contributed by atoms with Crippen molar-refractivity contribution in [1.82, 2.24) is 0 Å². The van der Waals surface area contributed by atoms with Crippen molar-refractivity contribution in [3.63, 3.8) is 0 Å². The summed E-state index contributed by atoms with van der Waals surface area (Å²) in [6.07, 6.45) is 0. The Morgan fingerprint density at radius 3 is 2.57 bits per heavy atom. The van der Waals surface area contributed by atoms with E-state index in [0.717, 1.165) is 4.90 Å². The van der Waals surface area contributed by atoms with Gasteiger partial charge in [-0.1, -0.05) is 41.9 Å².